The molecule has 0 saturated heterocycles. The second-order valence-electron chi connectivity index (χ2n) is 4.32. The molecule has 0 aliphatic heterocycles. The van der Waals surface area contributed by atoms with Gasteiger partial charge in [0.25, 0.3) is 0 Å². The van der Waals surface area contributed by atoms with Gasteiger partial charge in [0.05, 0.1) is 17.9 Å². The second-order valence-corrected chi connectivity index (χ2v) is 4.80. The lowest BCUT2D eigenvalue weighted by molar-refractivity contribution is 0.0670. The highest BCUT2D eigenvalue weighted by atomic mass is 35.5. The Kier molecular flexibility index (Phi) is 4.67. The molecule has 22 heavy (non-hydrogen) atoms. The number of hydrogen-bond donors (Lipinski definition) is 1. The Morgan fingerprint density at radius 2 is 2.18 bits per heavy atom. The molecule has 0 saturated carbocycles. The van der Waals surface area contributed by atoms with Crippen molar-refractivity contribution in [3.8, 4) is 0 Å². The molecular weight excluding hydrogens is 322 g/mol. The Morgan fingerprint density at radius 1 is 1.45 bits per heavy atom. The molecule has 0 aliphatic carbocycles. The fourth-order valence-corrected chi connectivity index (χ4v) is 1.76. The number of carboxylic acids is 1. The number of nitrogens with zero attached hydrogens (tertiary/aromatic N) is 4. The Balaban J connectivity index is 2.14. The zero-order chi connectivity index (χ0) is 16.3. The molecule has 2 aromatic heterocycles. The maximum Gasteiger partial charge on any atom is 0.364 e. The van der Waals surface area contributed by atoms with Crippen LogP contribution in [0.3, 0.4) is 0 Å². The van der Waals surface area contributed by atoms with Crippen LogP contribution in [0.5, 0.6) is 0 Å². The van der Waals surface area contributed by atoms with Gasteiger partial charge in [0.1, 0.15) is 18.6 Å². The van der Waals surface area contributed by atoms with Gasteiger partial charge in [-0.3, -0.25) is 4.68 Å². The molecule has 1 N–H and O–H groups in total. The fraction of sp³-hybridized carbons (Fsp3) is 0.333. The van der Waals surface area contributed by atoms with Gasteiger partial charge in [0, 0.05) is 7.05 Å². The number of aryl methyl sites for hydroxylation is 1. The summed E-state index contributed by atoms with van der Waals surface area (Å²) in [6.45, 7) is -0.302. The normalized spacial score (nSPS) is 11.6. The molecule has 0 aliphatic rings. The number of ether oxygens (including phenoxy) is 1. The van der Waals surface area contributed by atoms with Crippen molar-refractivity contribution >= 4 is 17.6 Å². The van der Waals surface area contributed by atoms with E-state index in [2.05, 4.69) is 15.1 Å². The van der Waals surface area contributed by atoms with E-state index >= 15 is 0 Å². The molecule has 7 nitrogen and oxygen atoms in total. The molecule has 0 bridgehead atoms. The summed E-state index contributed by atoms with van der Waals surface area (Å²) in [6, 6.07) is 1.87. The van der Waals surface area contributed by atoms with Crippen LogP contribution < -0.4 is 0 Å². The first kappa shape index (κ1) is 16.2. The van der Waals surface area contributed by atoms with Crippen molar-refractivity contribution in [3.63, 3.8) is 0 Å². The van der Waals surface area contributed by atoms with Crippen LogP contribution in [0.1, 0.15) is 27.6 Å². The topological polar surface area (TPSA) is 90.1 Å². The predicted octanol–water partition coefficient (Wildman–Crippen LogP) is 1.91. The smallest absolute Gasteiger partial charge is 0.364 e. The number of pyridine rings is 1. The number of carboxylic acid groups (broad SMARTS) is 1. The summed E-state index contributed by atoms with van der Waals surface area (Å²) in [4.78, 5) is 18.6. The third-order valence-electron chi connectivity index (χ3n) is 2.61. The number of hydrogen-bond acceptors (Lipinski definition) is 5. The van der Waals surface area contributed by atoms with Crippen molar-refractivity contribution in [1.29, 1.82) is 0 Å². The molecule has 2 rings (SSSR count). The van der Waals surface area contributed by atoms with Crippen LogP contribution in [0.25, 0.3) is 0 Å². The molecule has 10 heteroatoms. The van der Waals surface area contributed by atoms with Gasteiger partial charge in [0.2, 0.25) is 0 Å². The first-order valence-corrected chi connectivity index (χ1v) is 6.38. The summed E-state index contributed by atoms with van der Waals surface area (Å²) in [7, 11) is 1.67. The third-order valence-corrected chi connectivity index (χ3v) is 2.81. The highest BCUT2D eigenvalue weighted by molar-refractivity contribution is 6.21. The molecule has 0 unspecified atom stereocenters. The molecule has 2 aromatic rings. The summed E-state index contributed by atoms with van der Waals surface area (Å²) in [5.41, 5.74) is -1.13. The van der Waals surface area contributed by atoms with Gasteiger partial charge >= 0.3 is 11.4 Å². The Hall–Kier alpha value is -2.13. The molecule has 0 fully saturated rings. The summed E-state index contributed by atoms with van der Waals surface area (Å²) in [5.74, 6) is -0.926. The standard InChI is InChI=1S/C12H11ClF2N4O3/c1-19-6-16-10(18-19)5-22-4-8-7(11(20)21)2-3-9(17-8)12(13,14)15/h2-3,6H,4-5H2,1H3,(H,20,21). The van der Waals surface area contributed by atoms with Crippen LogP contribution >= 0.6 is 11.6 Å². The van der Waals surface area contributed by atoms with E-state index in [-0.39, 0.29) is 24.5 Å². The van der Waals surface area contributed by atoms with Gasteiger partial charge in [-0.2, -0.15) is 13.9 Å². The molecule has 118 valence electrons. The monoisotopic (exact) mass is 332 g/mol. The fourth-order valence-electron chi connectivity index (χ4n) is 1.65. The van der Waals surface area contributed by atoms with E-state index < -0.39 is 17.0 Å². The quantitative estimate of drug-likeness (QED) is 0.813. The zero-order valence-electron chi connectivity index (χ0n) is 11.3. The van der Waals surface area contributed by atoms with E-state index in [0.29, 0.717) is 5.82 Å². The third kappa shape index (κ3) is 3.95. The Labute approximate surface area is 128 Å². The molecule has 2 heterocycles. The van der Waals surface area contributed by atoms with Crippen LogP contribution in [-0.2, 0) is 30.4 Å². The van der Waals surface area contributed by atoms with Gasteiger partial charge in [-0.15, -0.1) is 0 Å². The van der Waals surface area contributed by atoms with E-state index in [4.69, 9.17) is 21.4 Å². The Morgan fingerprint density at radius 3 is 2.73 bits per heavy atom. The molecule has 0 spiro atoms. The van der Waals surface area contributed by atoms with E-state index in [1.54, 1.807) is 7.05 Å². The number of aromatic carboxylic acids is 1. The van der Waals surface area contributed by atoms with Crippen molar-refractivity contribution < 1.29 is 23.4 Å². The molecular formula is C12H11ClF2N4O3. The van der Waals surface area contributed by atoms with Gasteiger partial charge < -0.3 is 9.84 Å². The average molecular weight is 333 g/mol. The van der Waals surface area contributed by atoms with Crippen LogP contribution in [0, 0.1) is 0 Å². The number of rotatable bonds is 6. The number of carbonyl (C=O) groups is 1. The van der Waals surface area contributed by atoms with Gasteiger partial charge in [-0.25, -0.2) is 14.8 Å². The predicted molar refractivity (Wildman–Crippen MR) is 70.4 cm³/mol. The van der Waals surface area contributed by atoms with E-state index in [0.717, 1.165) is 12.1 Å². The number of aromatic nitrogens is 4. The van der Waals surface area contributed by atoms with Crippen LogP contribution in [0.2, 0.25) is 0 Å². The molecule has 0 aromatic carbocycles. The molecule has 0 atom stereocenters. The van der Waals surface area contributed by atoms with Crippen LogP contribution in [-0.4, -0.2) is 30.8 Å². The number of halogens is 3. The summed E-state index contributed by atoms with van der Waals surface area (Å²) >= 11 is 4.89. The Bertz CT molecular complexity index is 687. The van der Waals surface area contributed by atoms with E-state index in [1.807, 2.05) is 0 Å². The minimum atomic E-state index is -3.69. The minimum Gasteiger partial charge on any atom is -0.478 e. The van der Waals surface area contributed by atoms with Crippen molar-refractivity contribution in [2.75, 3.05) is 0 Å². The highest BCUT2D eigenvalue weighted by Crippen LogP contribution is 2.31. The summed E-state index contributed by atoms with van der Waals surface area (Å²) in [6.07, 6.45) is 1.47. The lowest BCUT2D eigenvalue weighted by atomic mass is 10.2. The minimum absolute atomic E-state index is 0.0108. The number of alkyl halides is 3. The van der Waals surface area contributed by atoms with Gasteiger partial charge in [-0.05, 0) is 23.7 Å². The van der Waals surface area contributed by atoms with Crippen molar-refractivity contribution in [3.05, 3.63) is 41.2 Å². The maximum atomic E-state index is 13.0. The largest absolute Gasteiger partial charge is 0.478 e. The van der Waals surface area contributed by atoms with Crippen molar-refractivity contribution in [1.82, 2.24) is 19.7 Å². The zero-order valence-corrected chi connectivity index (χ0v) is 12.1. The lowest BCUT2D eigenvalue weighted by Crippen LogP contribution is -2.13. The average Bonchev–Trinajstić information content (AvgIpc) is 2.83. The van der Waals surface area contributed by atoms with E-state index in [1.165, 1.54) is 11.0 Å². The lowest BCUT2D eigenvalue weighted by Gasteiger charge is -2.11. The van der Waals surface area contributed by atoms with Crippen LogP contribution in [0.15, 0.2) is 18.5 Å². The first-order valence-electron chi connectivity index (χ1n) is 6.00. The molecule has 0 amide bonds. The van der Waals surface area contributed by atoms with Crippen molar-refractivity contribution in [2.24, 2.45) is 7.05 Å². The second kappa shape index (κ2) is 6.32. The van der Waals surface area contributed by atoms with E-state index in [9.17, 15) is 13.6 Å². The maximum absolute atomic E-state index is 13.0. The first-order chi connectivity index (χ1) is 10.3. The molecule has 0 radical (unpaired) electrons. The van der Waals surface area contributed by atoms with Gasteiger partial charge in [-0.1, -0.05) is 0 Å². The van der Waals surface area contributed by atoms with Gasteiger partial charge in [0.15, 0.2) is 5.82 Å². The summed E-state index contributed by atoms with van der Waals surface area (Å²) in [5, 5.41) is 9.31. The van der Waals surface area contributed by atoms with Crippen molar-refractivity contribution in [2.45, 2.75) is 18.6 Å². The highest BCUT2D eigenvalue weighted by Gasteiger charge is 2.31. The SMILES string of the molecule is Cn1cnc(COCc2nc(C(F)(F)Cl)ccc2C(=O)O)n1. The van der Waals surface area contributed by atoms with Crippen LogP contribution in [0.4, 0.5) is 8.78 Å². The summed E-state index contributed by atoms with van der Waals surface area (Å²) < 4.78 is 32.8.